The van der Waals surface area contributed by atoms with Crippen molar-refractivity contribution in [1.82, 2.24) is 10.6 Å². The molecule has 2 unspecified atom stereocenters. The quantitative estimate of drug-likeness (QED) is 0.843. The fourth-order valence-corrected chi connectivity index (χ4v) is 2.72. The Morgan fingerprint density at radius 1 is 1.50 bits per heavy atom. The Kier molecular flexibility index (Phi) is 8.43. The molecule has 0 saturated carbocycles. The summed E-state index contributed by atoms with van der Waals surface area (Å²) in [7, 11) is 0. The van der Waals surface area contributed by atoms with Crippen LogP contribution in [0.4, 0.5) is 4.39 Å². The normalized spacial score (nSPS) is 19.1. The van der Waals surface area contributed by atoms with E-state index in [2.05, 4.69) is 10.6 Å². The molecule has 0 aliphatic carbocycles. The summed E-state index contributed by atoms with van der Waals surface area (Å²) in [5.74, 6) is 0.411. The Hall–Kier alpha value is -1.13. The molecule has 0 bridgehead atoms. The predicted molar refractivity (Wildman–Crippen MR) is 89.7 cm³/mol. The van der Waals surface area contributed by atoms with Crippen molar-refractivity contribution in [3.05, 3.63) is 35.6 Å². The van der Waals surface area contributed by atoms with Gasteiger partial charge in [-0.25, -0.2) is 4.39 Å². The van der Waals surface area contributed by atoms with E-state index in [-0.39, 0.29) is 30.0 Å². The number of carbonyl (C=O) groups is 1. The second-order valence-electron chi connectivity index (χ2n) is 6.03. The predicted octanol–water partition coefficient (Wildman–Crippen LogP) is 2.93. The third kappa shape index (κ3) is 6.32. The first-order valence-corrected chi connectivity index (χ1v) is 7.88. The third-order valence-electron chi connectivity index (χ3n) is 4.17. The lowest BCUT2D eigenvalue weighted by molar-refractivity contribution is -0.124. The monoisotopic (exact) mass is 328 g/mol. The van der Waals surface area contributed by atoms with E-state index in [1.807, 2.05) is 13.0 Å². The van der Waals surface area contributed by atoms with Crippen LogP contribution in [0, 0.1) is 17.7 Å². The zero-order valence-corrected chi connectivity index (χ0v) is 13.9. The second-order valence-corrected chi connectivity index (χ2v) is 6.03. The minimum atomic E-state index is -0.214. The summed E-state index contributed by atoms with van der Waals surface area (Å²) >= 11 is 0. The molecule has 5 heteroatoms. The molecule has 124 valence electrons. The van der Waals surface area contributed by atoms with Crippen LogP contribution < -0.4 is 10.6 Å². The van der Waals surface area contributed by atoms with E-state index in [1.165, 1.54) is 18.9 Å². The smallest absolute Gasteiger partial charge is 0.222 e. The maximum atomic E-state index is 13.1. The zero-order chi connectivity index (χ0) is 15.1. The Balaban J connectivity index is 0.00000242. The molecule has 1 heterocycles. The van der Waals surface area contributed by atoms with Gasteiger partial charge in [-0.1, -0.05) is 19.1 Å². The number of nitrogens with one attached hydrogen (secondary N) is 2. The van der Waals surface area contributed by atoms with E-state index < -0.39 is 0 Å². The van der Waals surface area contributed by atoms with Crippen LogP contribution >= 0.6 is 12.4 Å². The number of halogens is 2. The van der Waals surface area contributed by atoms with Crippen LogP contribution in [0.15, 0.2) is 24.3 Å². The molecule has 0 aromatic heterocycles. The Bertz CT molecular complexity index is 464. The first-order chi connectivity index (χ1) is 10.1. The highest BCUT2D eigenvalue weighted by Crippen LogP contribution is 2.12. The largest absolute Gasteiger partial charge is 0.356 e. The van der Waals surface area contributed by atoms with Gasteiger partial charge in [0.25, 0.3) is 0 Å². The molecule has 1 saturated heterocycles. The molecule has 1 aromatic carbocycles. The van der Waals surface area contributed by atoms with Gasteiger partial charge in [-0.3, -0.25) is 4.79 Å². The number of benzene rings is 1. The fourth-order valence-electron chi connectivity index (χ4n) is 2.72. The van der Waals surface area contributed by atoms with Crippen LogP contribution in [0.1, 0.15) is 31.7 Å². The molecule has 0 radical (unpaired) electrons. The van der Waals surface area contributed by atoms with Crippen LogP contribution in [0.25, 0.3) is 0 Å². The van der Waals surface area contributed by atoms with Crippen LogP contribution in [0.5, 0.6) is 0 Å². The molecule has 22 heavy (non-hydrogen) atoms. The summed E-state index contributed by atoms with van der Waals surface area (Å²) in [5.41, 5.74) is 0.950. The molecular weight excluding hydrogens is 303 g/mol. The number of rotatable bonds is 6. The van der Waals surface area contributed by atoms with Gasteiger partial charge in [0.2, 0.25) is 5.91 Å². The first kappa shape index (κ1) is 18.9. The summed E-state index contributed by atoms with van der Waals surface area (Å²) < 4.78 is 13.1. The van der Waals surface area contributed by atoms with Crippen LogP contribution in [0.3, 0.4) is 0 Å². The zero-order valence-electron chi connectivity index (χ0n) is 13.1. The number of hydrogen-bond donors (Lipinski definition) is 2. The minimum Gasteiger partial charge on any atom is -0.356 e. The molecule has 1 fully saturated rings. The van der Waals surface area contributed by atoms with E-state index in [0.29, 0.717) is 5.92 Å². The molecule has 1 amide bonds. The Morgan fingerprint density at radius 3 is 3.00 bits per heavy atom. The van der Waals surface area contributed by atoms with Gasteiger partial charge in [-0.15, -0.1) is 12.4 Å². The van der Waals surface area contributed by atoms with Gasteiger partial charge in [-0.05, 0) is 62.4 Å². The molecule has 1 aromatic rings. The van der Waals surface area contributed by atoms with Crippen molar-refractivity contribution in [3.8, 4) is 0 Å². The van der Waals surface area contributed by atoms with Gasteiger partial charge in [0.1, 0.15) is 5.82 Å². The summed E-state index contributed by atoms with van der Waals surface area (Å²) in [6.45, 7) is 4.79. The van der Waals surface area contributed by atoms with Crippen molar-refractivity contribution in [3.63, 3.8) is 0 Å². The summed E-state index contributed by atoms with van der Waals surface area (Å²) in [6, 6.07) is 6.60. The van der Waals surface area contributed by atoms with Gasteiger partial charge in [0, 0.05) is 12.5 Å². The fraction of sp³-hybridized carbons (Fsp3) is 0.588. The first-order valence-electron chi connectivity index (χ1n) is 7.88. The van der Waals surface area contributed by atoms with Crippen molar-refractivity contribution in [2.45, 2.75) is 32.6 Å². The van der Waals surface area contributed by atoms with Crippen molar-refractivity contribution in [1.29, 1.82) is 0 Å². The maximum Gasteiger partial charge on any atom is 0.222 e. The van der Waals surface area contributed by atoms with Crippen molar-refractivity contribution in [2.24, 2.45) is 11.8 Å². The van der Waals surface area contributed by atoms with Gasteiger partial charge in [0.15, 0.2) is 0 Å². The number of aryl methyl sites for hydroxylation is 1. The molecule has 0 spiro atoms. The van der Waals surface area contributed by atoms with Gasteiger partial charge >= 0.3 is 0 Å². The van der Waals surface area contributed by atoms with Crippen LogP contribution in [-0.2, 0) is 11.2 Å². The highest BCUT2D eigenvalue weighted by molar-refractivity contribution is 5.85. The molecular formula is C17H26ClFN2O. The standard InChI is InChI=1S/C17H25FN2O.ClH/c1-13(7-8-14-4-2-6-16(18)10-14)17(21)20-12-15-5-3-9-19-11-15;/h2,4,6,10,13,15,19H,3,5,7-9,11-12H2,1H3,(H,20,21);1H. The summed E-state index contributed by atoms with van der Waals surface area (Å²) in [5, 5.41) is 6.40. The van der Waals surface area contributed by atoms with Crippen molar-refractivity contribution in [2.75, 3.05) is 19.6 Å². The number of carbonyl (C=O) groups excluding carboxylic acids is 1. The average molecular weight is 329 g/mol. The lowest BCUT2D eigenvalue weighted by Crippen LogP contribution is -2.39. The summed E-state index contributed by atoms with van der Waals surface area (Å²) in [4.78, 5) is 12.1. The Morgan fingerprint density at radius 2 is 2.32 bits per heavy atom. The number of piperidine rings is 1. The average Bonchev–Trinajstić information content (AvgIpc) is 2.51. The third-order valence-corrected chi connectivity index (χ3v) is 4.17. The molecule has 1 aliphatic heterocycles. The van der Waals surface area contributed by atoms with E-state index in [0.717, 1.165) is 38.0 Å². The minimum absolute atomic E-state index is 0. The van der Waals surface area contributed by atoms with Crippen LogP contribution in [0.2, 0.25) is 0 Å². The number of amides is 1. The maximum absolute atomic E-state index is 13.1. The van der Waals surface area contributed by atoms with Crippen molar-refractivity contribution >= 4 is 18.3 Å². The van der Waals surface area contributed by atoms with Crippen LogP contribution in [-0.4, -0.2) is 25.5 Å². The molecule has 3 nitrogen and oxygen atoms in total. The van der Waals surface area contributed by atoms with E-state index in [1.54, 1.807) is 12.1 Å². The molecule has 2 rings (SSSR count). The summed E-state index contributed by atoms with van der Waals surface area (Å²) in [6.07, 6.45) is 3.86. The SMILES string of the molecule is CC(CCc1cccc(F)c1)C(=O)NCC1CCCNC1.Cl. The van der Waals surface area contributed by atoms with Crippen molar-refractivity contribution < 1.29 is 9.18 Å². The second kappa shape index (κ2) is 9.80. The lowest BCUT2D eigenvalue weighted by atomic mass is 9.98. The number of hydrogen-bond acceptors (Lipinski definition) is 2. The highest BCUT2D eigenvalue weighted by atomic mass is 35.5. The Labute approximate surface area is 138 Å². The molecule has 1 aliphatic rings. The van der Waals surface area contributed by atoms with E-state index >= 15 is 0 Å². The van der Waals surface area contributed by atoms with E-state index in [4.69, 9.17) is 0 Å². The topological polar surface area (TPSA) is 41.1 Å². The lowest BCUT2D eigenvalue weighted by Gasteiger charge is -2.23. The van der Waals surface area contributed by atoms with Gasteiger partial charge < -0.3 is 10.6 Å². The van der Waals surface area contributed by atoms with Gasteiger partial charge in [0.05, 0.1) is 0 Å². The molecule has 2 atom stereocenters. The highest BCUT2D eigenvalue weighted by Gasteiger charge is 2.17. The van der Waals surface area contributed by atoms with Gasteiger partial charge in [-0.2, -0.15) is 0 Å². The van der Waals surface area contributed by atoms with E-state index in [9.17, 15) is 9.18 Å². The molecule has 2 N–H and O–H groups in total.